The van der Waals surface area contributed by atoms with Gasteiger partial charge in [0.05, 0.1) is 12.4 Å². The van der Waals surface area contributed by atoms with E-state index in [2.05, 4.69) is 30.2 Å². The number of rotatable bonds is 7. The normalized spacial score (nSPS) is 20.0. The summed E-state index contributed by atoms with van der Waals surface area (Å²) in [5.41, 5.74) is 1.78. The first-order chi connectivity index (χ1) is 13.0. The van der Waals surface area contributed by atoms with Crippen molar-refractivity contribution >= 4 is 11.8 Å². The van der Waals surface area contributed by atoms with Crippen molar-refractivity contribution in [2.24, 2.45) is 0 Å². The van der Waals surface area contributed by atoms with Crippen LogP contribution in [0.5, 0.6) is 0 Å². The zero-order chi connectivity index (χ0) is 19.4. The molecular weight excluding hydrogens is 346 g/mol. The van der Waals surface area contributed by atoms with Crippen molar-refractivity contribution in [3.8, 4) is 0 Å². The van der Waals surface area contributed by atoms with Gasteiger partial charge in [0.15, 0.2) is 5.82 Å². The van der Waals surface area contributed by atoms with Gasteiger partial charge in [-0.2, -0.15) is 0 Å². The van der Waals surface area contributed by atoms with Crippen LogP contribution < -0.4 is 5.32 Å². The third kappa shape index (κ3) is 4.36. The number of hydrogen-bond donors (Lipinski definition) is 3. The molecule has 27 heavy (non-hydrogen) atoms. The maximum absolute atomic E-state index is 13.0. The molecule has 0 unspecified atom stereocenters. The number of amides is 2. The van der Waals surface area contributed by atoms with Gasteiger partial charge >= 0.3 is 0 Å². The predicted octanol–water partition coefficient (Wildman–Crippen LogP) is 0.683. The first-order valence-electron chi connectivity index (χ1n) is 9.34. The lowest BCUT2D eigenvalue weighted by Gasteiger charge is -2.28. The molecule has 0 aromatic carbocycles. The standard InChI is InChI=1S/C18H27N7O2/c1-4-24(5-2)18(27)15-6-13(9-25(15)10-14-8-19-11-21-14)23-17(26)16-20-7-12(3)22-16/h7-8,11,13,15H,4-6,9-10H2,1-3H3,(H,19,21)(H,20,22)(H,23,26)/t13-,15+/m1/s1. The van der Waals surface area contributed by atoms with E-state index in [9.17, 15) is 9.59 Å². The summed E-state index contributed by atoms with van der Waals surface area (Å²) in [6.07, 6.45) is 5.59. The maximum atomic E-state index is 13.0. The summed E-state index contributed by atoms with van der Waals surface area (Å²) in [6, 6.07) is -0.382. The Labute approximate surface area is 158 Å². The number of likely N-dealkylation sites (tertiary alicyclic amines) is 1. The van der Waals surface area contributed by atoms with Crippen LogP contribution in [-0.4, -0.2) is 73.3 Å². The maximum Gasteiger partial charge on any atom is 0.287 e. The minimum atomic E-state index is -0.267. The van der Waals surface area contributed by atoms with Crippen molar-refractivity contribution in [3.05, 3.63) is 35.9 Å². The van der Waals surface area contributed by atoms with Gasteiger partial charge in [-0.1, -0.05) is 0 Å². The number of hydrogen-bond acceptors (Lipinski definition) is 5. The van der Waals surface area contributed by atoms with Gasteiger partial charge in [-0.05, 0) is 27.2 Å². The molecule has 9 nitrogen and oxygen atoms in total. The molecule has 1 aliphatic rings. The van der Waals surface area contributed by atoms with Crippen LogP contribution in [0.25, 0.3) is 0 Å². The molecule has 3 N–H and O–H groups in total. The Balaban J connectivity index is 1.71. The second kappa shape index (κ2) is 8.34. The highest BCUT2D eigenvalue weighted by Gasteiger charge is 2.39. The highest BCUT2D eigenvalue weighted by Crippen LogP contribution is 2.22. The molecule has 2 aromatic heterocycles. The summed E-state index contributed by atoms with van der Waals surface area (Å²) in [5.74, 6) is 0.154. The Morgan fingerprint density at radius 1 is 1.33 bits per heavy atom. The monoisotopic (exact) mass is 373 g/mol. The van der Waals surface area contributed by atoms with E-state index in [0.717, 1.165) is 11.4 Å². The van der Waals surface area contributed by atoms with Gasteiger partial charge in [0, 0.05) is 56.0 Å². The molecule has 3 heterocycles. The lowest BCUT2D eigenvalue weighted by atomic mass is 10.1. The number of H-pyrrole nitrogens is 2. The Kier molecular flexibility index (Phi) is 5.90. The van der Waals surface area contributed by atoms with Crippen molar-refractivity contribution in [3.63, 3.8) is 0 Å². The van der Waals surface area contributed by atoms with Crippen LogP contribution in [0, 0.1) is 6.92 Å². The lowest BCUT2D eigenvalue weighted by Crippen LogP contribution is -2.45. The number of imidazole rings is 2. The first kappa shape index (κ1) is 19.1. The van der Waals surface area contributed by atoms with Gasteiger partial charge in [0.2, 0.25) is 5.91 Å². The van der Waals surface area contributed by atoms with Crippen molar-refractivity contribution in [2.75, 3.05) is 19.6 Å². The van der Waals surface area contributed by atoms with E-state index >= 15 is 0 Å². The Morgan fingerprint density at radius 2 is 2.11 bits per heavy atom. The largest absolute Gasteiger partial charge is 0.347 e. The Morgan fingerprint density at radius 3 is 2.70 bits per heavy atom. The SMILES string of the molecule is CCN(CC)C(=O)[C@@H]1C[C@@H](NC(=O)c2ncc(C)[nH]2)CN1Cc1cnc[nH]1. The molecule has 2 atom stereocenters. The van der Waals surface area contributed by atoms with Gasteiger partial charge in [0.25, 0.3) is 5.91 Å². The quantitative estimate of drug-likeness (QED) is 0.661. The summed E-state index contributed by atoms with van der Waals surface area (Å²) in [4.78, 5) is 43.5. The van der Waals surface area contributed by atoms with Crippen LogP contribution in [0.4, 0.5) is 0 Å². The highest BCUT2D eigenvalue weighted by molar-refractivity contribution is 5.91. The predicted molar refractivity (Wildman–Crippen MR) is 99.9 cm³/mol. The Bertz CT molecular complexity index is 767. The summed E-state index contributed by atoms with van der Waals surface area (Å²) in [5, 5.41) is 3.01. The van der Waals surface area contributed by atoms with Crippen molar-refractivity contribution in [2.45, 2.75) is 45.8 Å². The average molecular weight is 373 g/mol. The zero-order valence-corrected chi connectivity index (χ0v) is 16.0. The molecule has 0 radical (unpaired) electrons. The van der Waals surface area contributed by atoms with Gasteiger partial charge in [0.1, 0.15) is 0 Å². The first-order valence-corrected chi connectivity index (χ1v) is 9.34. The molecule has 0 saturated carbocycles. The molecule has 1 saturated heterocycles. The molecule has 2 aromatic rings. The zero-order valence-electron chi connectivity index (χ0n) is 16.0. The van der Waals surface area contributed by atoms with E-state index in [1.54, 1.807) is 18.7 Å². The number of nitrogens with one attached hydrogen (secondary N) is 3. The second-order valence-corrected chi connectivity index (χ2v) is 6.85. The van der Waals surface area contributed by atoms with E-state index in [1.165, 1.54) is 0 Å². The summed E-state index contributed by atoms with van der Waals surface area (Å²) >= 11 is 0. The number of carbonyl (C=O) groups excluding carboxylic acids is 2. The average Bonchev–Trinajstić information content (AvgIpc) is 3.38. The smallest absolute Gasteiger partial charge is 0.287 e. The molecule has 2 amide bonds. The molecule has 1 fully saturated rings. The molecule has 0 aliphatic carbocycles. The molecule has 1 aliphatic heterocycles. The molecular formula is C18H27N7O2. The lowest BCUT2D eigenvalue weighted by molar-refractivity contribution is -0.135. The number of nitrogens with zero attached hydrogens (tertiary/aromatic N) is 4. The number of aryl methyl sites for hydroxylation is 1. The number of carbonyl (C=O) groups is 2. The van der Waals surface area contributed by atoms with Gasteiger partial charge in [-0.15, -0.1) is 0 Å². The van der Waals surface area contributed by atoms with Crippen molar-refractivity contribution in [1.29, 1.82) is 0 Å². The molecule has 0 spiro atoms. The molecule has 146 valence electrons. The van der Waals surface area contributed by atoms with Crippen molar-refractivity contribution in [1.82, 2.24) is 35.1 Å². The number of aromatic nitrogens is 4. The van der Waals surface area contributed by atoms with Crippen LogP contribution >= 0.6 is 0 Å². The van der Waals surface area contributed by atoms with Crippen molar-refractivity contribution < 1.29 is 9.59 Å². The summed E-state index contributed by atoms with van der Waals surface area (Å²) in [7, 11) is 0. The van der Waals surface area contributed by atoms with E-state index in [1.807, 2.05) is 25.7 Å². The van der Waals surface area contributed by atoms with Crippen LogP contribution in [0.15, 0.2) is 18.7 Å². The third-order valence-electron chi connectivity index (χ3n) is 4.95. The number of aromatic amines is 2. The Hall–Kier alpha value is -2.68. The fourth-order valence-electron chi connectivity index (χ4n) is 3.56. The van der Waals surface area contributed by atoms with Gasteiger partial charge in [-0.3, -0.25) is 14.5 Å². The summed E-state index contributed by atoms with van der Waals surface area (Å²) < 4.78 is 0. The topological polar surface area (TPSA) is 110 Å². The highest BCUT2D eigenvalue weighted by atomic mass is 16.2. The minimum Gasteiger partial charge on any atom is -0.347 e. The number of likely N-dealkylation sites (N-methyl/N-ethyl adjacent to an activating group) is 1. The van der Waals surface area contributed by atoms with E-state index in [0.29, 0.717) is 38.4 Å². The van der Waals surface area contributed by atoms with E-state index < -0.39 is 0 Å². The molecule has 0 bridgehead atoms. The third-order valence-corrected chi connectivity index (χ3v) is 4.95. The van der Waals surface area contributed by atoms with Crippen LogP contribution in [-0.2, 0) is 11.3 Å². The van der Waals surface area contributed by atoms with Gasteiger partial charge < -0.3 is 20.2 Å². The fourth-order valence-corrected chi connectivity index (χ4v) is 3.56. The fraction of sp³-hybridized carbons (Fsp3) is 0.556. The summed E-state index contributed by atoms with van der Waals surface area (Å²) in [6.45, 7) is 8.34. The van der Waals surface area contributed by atoms with Crippen LogP contribution in [0.3, 0.4) is 0 Å². The minimum absolute atomic E-state index is 0.102. The molecule has 3 rings (SSSR count). The van der Waals surface area contributed by atoms with E-state index in [4.69, 9.17) is 0 Å². The van der Waals surface area contributed by atoms with Crippen LogP contribution in [0.2, 0.25) is 0 Å². The van der Waals surface area contributed by atoms with Crippen LogP contribution in [0.1, 0.15) is 42.3 Å². The second-order valence-electron chi connectivity index (χ2n) is 6.85. The van der Waals surface area contributed by atoms with Gasteiger partial charge in [-0.25, -0.2) is 9.97 Å². The molecule has 9 heteroatoms. The van der Waals surface area contributed by atoms with E-state index in [-0.39, 0.29) is 23.9 Å².